The molecule has 2 aliphatic heterocycles. The van der Waals surface area contributed by atoms with Gasteiger partial charge in [-0.2, -0.15) is 0 Å². The van der Waals surface area contributed by atoms with Crippen LogP contribution in [0.3, 0.4) is 0 Å². The van der Waals surface area contributed by atoms with Crippen LogP contribution in [-0.2, 0) is 9.53 Å². The third-order valence-corrected chi connectivity index (χ3v) is 5.12. The number of morpholine rings is 1. The first-order valence-electron chi connectivity index (χ1n) is 9.50. The third kappa shape index (κ3) is 3.47. The largest absolute Gasteiger partial charge is 0.372 e. The van der Waals surface area contributed by atoms with Gasteiger partial charge in [0.05, 0.1) is 23.5 Å². The minimum Gasteiger partial charge on any atom is -0.372 e. The van der Waals surface area contributed by atoms with E-state index in [1.165, 1.54) is 11.8 Å². The summed E-state index contributed by atoms with van der Waals surface area (Å²) in [5.74, 6) is -0.719. The average Bonchev–Trinajstić information content (AvgIpc) is 2.95. The number of amides is 1. The second kappa shape index (κ2) is 7.28. The van der Waals surface area contributed by atoms with Crippen LogP contribution in [0.25, 0.3) is 5.57 Å². The Bertz CT molecular complexity index is 947. The van der Waals surface area contributed by atoms with Crippen LogP contribution in [0.15, 0.2) is 42.6 Å². The number of halogens is 1. The minimum absolute atomic E-state index is 0.196. The van der Waals surface area contributed by atoms with Crippen LogP contribution in [0.1, 0.15) is 25.0 Å². The zero-order chi connectivity index (χ0) is 19.8. The van der Waals surface area contributed by atoms with Gasteiger partial charge >= 0.3 is 0 Å². The maximum Gasteiger partial charge on any atom is 0.257 e. The van der Waals surface area contributed by atoms with Crippen molar-refractivity contribution in [3.8, 4) is 0 Å². The Labute approximate surface area is 164 Å². The molecule has 0 bridgehead atoms. The number of benzene rings is 2. The van der Waals surface area contributed by atoms with Crippen molar-refractivity contribution in [2.75, 3.05) is 28.6 Å². The van der Waals surface area contributed by atoms with Gasteiger partial charge in [0.1, 0.15) is 5.82 Å². The Hall–Kier alpha value is -2.86. The van der Waals surface area contributed by atoms with Crippen LogP contribution >= 0.6 is 0 Å². The van der Waals surface area contributed by atoms with E-state index in [-0.39, 0.29) is 18.1 Å². The van der Waals surface area contributed by atoms with Gasteiger partial charge in [0, 0.05) is 36.2 Å². The second-order valence-corrected chi connectivity index (χ2v) is 7.48. The monoisotopic (exact) mass is 381 g/mol. The quantitative estimate of drug-likeness (QED) is 0.784. The zero-order valence-corrected chi connectivity index (χ0v) is 16.3. The maximum atomic E-state index is 14.1. The highest BCUT2D eigenvalue weighted by atomic mass is 19.1. The number of anilines is 3. The van der Waals surface area contributed by atoms with Crippen LogP contribution in [0, 0.1) is 12.7 Å². The van der Waals surface area contributed by atoms with Crippen LogP contribution in [-0.4, -0.2) is 31.2 Å². The molecule has 0 radical (unpaired) electrons. The van der Waals surface area contributed by atoms with E-state index in [1.807, 2.05) is 12.1 Å². The van der Waals surface area contributed by atoms with Crippen LogP contribution in [0.2, 0.25) is 0 Å². The zero-order valence-electron chi connectivity index (χ0n) is 16.3. The van der Waals surface area contributed by atoms with E-state index in [0.717, 1.165) is 24.3 Å². The van der Waals surface area contributed by atoms with Gasteiger partial charge in [-0.25, -0.2) is 4.39 Å². The summed E-state index contributed by atoms with van der Waals surface area (Å²) in [6.07, 6.45) is 1.96. The molecule has 0 spiro atoms. The Morgan fingerprint density at radius 3 is 2.68 bits per heavy atom. The lowest BCUT2D eigenvalue weighted by Crippen LogP contribution is -2.45. The van der Waals surface area contributed by atoms with E-state index in [0.29, 0.717) is 16.8 Å². The van der Waals surface area contributed by atoms with Gasteiger partial charge in [0.25, 0.3) is 5.91 Å². The van der Waals surface area contributed by atoms with Crippen LogP contribution < -0.4 is 15.5 Å². The predicted molar refractivity (Wildman–Crippen MR) is 110 cm³/mol. The summed E-state index contributed by atoms with van der Waals surface area (Å²) in [7, 11) is 0. The Kier molecular flexibility index (Phi) is 4.81. The first-order valence-corrected chi connectivity index (χ1v) is 9.50. The average molecular weight is 381 g/mol. The molecule has 0 aromatic heterocycles. The van der Waals surface area contributed by atoms with E-state index < -0.39 is 5.82 Å². The van der Waals surface area contributed by atoms with Crippen LogP contribution in [0.5, 0.6) is 0 Å². The highest BCUT2D eigenvalue weighted by molar-refractivity contribution is 6.31. The number of hydrogen-bond acceptors (Lipinski definition) is 4. The number of aryl methyl sites for hydroxylation is 1. The van der Waals surface area contributed by atoms with E-state index in [4.69, 9.17) is 4.74 Å². The van der Waals surface area contributed by atoms with Crippen LogP contribution in [0.4, 0.5) is 21.5 Å². The van der Waals surface area contributed by atoms with Gasteiger partial charge < -0.3 is 20.3 Å². The molecule has 2 N–H and O–H groups in total. The molecule has 28 heavy (non-hydrogen) atoms. The molecule has 2 unspecified atom stereocenters. The fourth-order valence-electron chi connectivity index (χ4n) is 3.97. The SMILES string of the molecule is Cc1cc(N/C=C2/C(=O)Nc3cccc(F)c32)ccc1N1CC(C)OC(C)C1. The van der Waals surface area contributed by atoms with Gasteiger partial charge in [-0.05, 0) is 56.7 Å². The number of carbonyl (C=O) groups is 1. The van der Waals surface area contributed by atoms with Gasteiger partial charge in [0.15, 0.2) is 0 Å². The van der Waals surface area contributed by atoms with Gasteiger partial charge in [-0.15, -0.1) is 0 Å². The Morgan fingerprint density at radius 2 is 1.96 bits per heavy atom. The lowest BCUT2D eigenvalue weighted by Gasteiger charge is -2.37. The maximum absolute atomic E-state index is 14.1. The number of hydrogen-bond donors (Lipinski definition) is 2. The molecule has 0 aliphatic carbocycles. The van der Waals surface area contributed by atoms with Crippen molar-refractivity contribution in [2.24, 2.45) is 0 Å². The molecule has 2 atom stereocenters. The smallest absolute Gasteiger partial charge is 0.257 e. The van der Waals surface area contributed by atoms with Crippen molar-refractivity contribution < 1.29 is 13.9 Å². The minimum atomic E-state index is -0.411. The van der Waals surface area contributed by atoms with E-state index >= 15 is 0 Å². The van der Waals surface area contributed by atoms with Crippen molar-refractivity contribution >= 4 is 28.5 Å². The lowest BCUT2D eigenvalue weighted by atomic mass is 10.1. The Morgan fingerprint density at radius 1 is 1.21 bits per heavy atom. The fourth-order valence-corrected chi connectivity index (χ4v) is 3.97. The predicted octanol–water partition coefficient (Wildman–Crippen LogP) is 4.15. The van der Waals surface area contributed by atoms with Crippen molar-refractivity contribution in [3.63, 3.8) is 0 Å². The van der Waals surface area contributed by atoms with Gasteiger partial charge in [-0.1, -0.05) is 6.07 Å². The normalized spacial score (nSPS) is 22.9. The molecule has 1 amide bonds. The Balaban J connectivity index is 1.55. The van der Waals surface area contributed by atoms with Crippen molar-refractivity contribution in [1.29, 1.82) is 0 Å². The molecule has 1 fully saturated rings. The summed E-state index contributed by atoms with van der Waals surface area (Å²) in [5, 5.41) is 5.83. The molecule has 2 aromatic carbocycles. The van der Waals surface area contributed by atoms with Crippen molar-refractivity contribution in [2.45, 2.75) is 33.0 Å². The highest BCUT2D eigenvalue weighted by Gasteiger charge is 2.27. The molecule has 0 saturated carbocycles. The van der Waals surface area contributed by atoms with E-state index in [2.05, 4.69) is 42.4 Å². The summed E-state index contributed by atoms with van der Waals surface area (Å²) in [6, 6.07) is 10.7. The number of nitrogens with one attached hydrogen (secondary N) is 2. The topological polar surface area (TPSA) is 53.6 Å². The molecular formula is C22H24FN3O2. The number of carbonyl (C=O) groups excluding carboxylic acids is 1. The first-order chi connectivity index (χ1) is 13.4. The summed E-state index contributed by atoms with van der Waals surface area (Å²) >= 11 is 0. The highest BCUT2D eigenvalue weighted by Crippen LogP contribution is 2.34. The number of ether oxygens (including phenoxy) is 1. The third-order valence-electron chi connectivity index (χ3n) is 5.12. The molecular weight excluding hydrogens is 357 g/mol. The van der Waals surface area contributed by atoms with Gasteiger partial charge in [0.2, 0.25) is 0 Å². The van der Waals surface area contributed by atoms with E-state index in [1.54, 1.807) is 18.3 Å². The van der Waals surface area contributed by atoms with Gasteiger partial charge in [-0.3, -0.25) is 4.79 Å². The van der Waals surface area contributed by atoms with E-state index in [9.17, 15) is 9.18 Å². The summed E-state index contributed by atoms with van der Waals surface area (Å²) in [5.41, 5.74) is 4.26. The number of rotatable bonds is 3. The lowest BCUT2D eigenvalue weighted by molar-refractivity contribution is -0.110. The molecule has 1 saturated heterocycles. The molecule has 2 aromatic rings. The molecule has 2 heterocycles. The number of fused-ring (bicyclic) bond motifs is 1. The second-order valence-electron chi connectivity index (χ2n) is 7.48. The van der Waals surface area contributed by atoms with Crippen molar-refractivity contribution in [1.82, 2.24) is 0 Å². The summed E-state index contributed by atoms with van der Waals surface area (Å²) in [6.45, 7) is 7.96. The van der Waals surface area contributed by atoms with Crippen molar-refractivity contribution in [3.05, 3.63) is 59.5 Å². The molecule has 4 rings (SSSR count). The standard InChI is InChI=1S/C22H24FN3O2/c1-13-9-16(7-8-20(13)26-11-14(2)28-15(3)12-26)24-10-17-21-18(23)5-4-6-19(21)25-22(17)27/h4-10,14-15,24H,11-12H2,1-3H3,(H,25,27)/b17-10+. The molecule has 146 valence electrons. The summed E-state index contributed by atoms with van der Waals surface area (Å²) < 4.78 is 20.0. The summed E-state index contributed by atoms with van der Waals surface area (Å²) in [4.78, 5) is 14.5. The number of nitrogens with zero attached hydrogens (tertiary/aromatic N) is 1. The molecule has 5 nitrogen and oxygen atoms in total. The fraction of sp³-hybridized carbons (Fsp3) is 0.318. The molecule has 2 aliphatic rings. The first kappa shape index (κ1) is 18.5. The molecule has 6 heteroatoms.